The lowest BCUT2D eigenvalue weighted by atomic mass is 9.75. The molecule has 1 aromatic carbocycles. The van der Waals surface area contributed by atoms with Crippen molar-refractivity contribution in [1.82, 2.24) is 4.98 Å². The third kappa shape index (κ3) is 2.65. The van der Waals surface area contributed by atoms with E-state index in [4.69, 9.17) is 4.98 Å². The van der Waals surface area contributed by atoms with Gasteiger partial charge in [0.15, 0.2) is 5.13 Å². The molecule has 5 heteroatoms. The molecule has 1 aliphatic rings. The zero-order valence-corrected chi connectivity index (χ0v) is 13.1. The fourth-order valence-electron chi connectivity index (χ4n) is 3.29. The summed E-state index contributed by atoms with van der Waals surface area (Å²) in [5, 5.41) is 21.2. The summed E-state index contributed by atoms with van der Waals surface area (Å²) in [6.45, 7) is 3.61. The Kier molecular flexibility index (Phi) is 4.15. The van der Waals surface area contributed by atoms with Crippen molar-refractivity contribution in [3.63, 3.8) is 0 Å². The molecule has 3 rings (SSSR count). The van der Waals surface area contributed by atoms with E-state index < -0.39 is 11.5 Å². The SMILES string of the molecule is CCC[C@@]1(CO)CN(c2nc3ccccc3s2)CC[C@H]1O. The number of piperidine rings is 1. The molecule has 2 N–H and O–H groups in total. The molecule has 0 radical (unpaired) electrons. The van der Waals surface area contributed by atoms with Crippen LogP contribution in [0.3, 0.4) is 0 Å². The van der Waals surface area contributed by atoms with Gasteiger partial charge in [0.25, 0.3) is 0 Å². The van der Waals surface area contributed by atoms with Crippen LogP contribution in [0.15, 0.2) is 24.3 Å². The second kappa shape index (κ2) is 5.91. The molecule has 0 unspecified atom stereocenters. The highest BCUT2D eigenvalue weighted by molar-refractivity contribution is 7.22. The molecule has 1 aromatic heterocycles. The molecule has 0 amide bonds. The molecule has 2 heterocycles. The van der Waals surface area contributed by atoms with E-state index in [0.29, 0.717) is 13.0 Å². The molecular formula is C16H22N2O2S. The van der Waals surface area contributed by atoms with Crippen LogP contribution in [-0.4, -0.2) is 41.0 Å². The molecule has 0 spiro atoms. The third-order valence-electron chi connectivity index (χ3n) is 4.50. The Balaban J connectivity index is 1.88. The predicted octanol–water partition coefficient (Wildman–Crippen LogP) is 2.65. The maximum absolute atomic E-state index is 10.4. The van der Waals surface area contributed by atoms with Crippen molar-refractivity contribution in [2.45, 2.75) is 32.3 Å². The first-order chi connectivity index (χ1) is 10.2. The predicted molar refractivity (Wildman–Crippen MR) is 86.9 cm³/mol. The number of fused-ring (bicyclic) bond motifs is 1. The first kappa shape index (κ1) is 14.8. The van der Waals surface area contributed by atoms with E-state index in [1.807, 2.05) is 18.2 Å². The second-order valence-corrected chi connectivity index (χ2v) is 6.97. The van der Waals surface area contributed by atoms with Gasteiger partial charge in [-0.05, 0) is 25.0 Å². The van der Waals surface area contributed by atoms with Crippen LogP contribution in [0.2, 0.25) is 0 Å². The number of aromatic nitrogens is 1. The summed E-state index contributed by atoms with van der Waals surface area (Å²) in [6, 6.07) is 8.14. The summed E-state index contributed by atoms with van der Waals surface area (Å²) >= 11 is 1.69. The number of benzene rings is 1. The summed E-state index contributed by atoms with van der Waals surface area (Å²) in [5.74, 6) is 0. The minimum absolute atomic E-state index is 0.0312. The Hall–Kier alpha value is -1.17. The van der Waals surface area contributed by atoms with Gasteiger partial charge < -0.3 is 15.1 Å². The van der Waals surface area contributed by atoms with Gasteiger partial charge in [-0.15, -0.1) is 0 Å². The van der Waals surface area contributed by atoms with Gasteiger partial charge in [0.05, 0.1) is 22.9 Å². The molecule has 2 atom stereocenters. The highest BCUT2D eigenvalue weighted by Gasteiger charge is 2.42. The van der Waals surface area contributed by atoms with Gasteiger partial charge in [-0.1, -0.05) is 36.8 Å². The molecule has 114 valence electrons. The summed E-state index contributed by atoms with van der Waals surface area (Å²) in [6.07, 6.45) is 2.07. The van der Waals surface area contributed by atoms with Crippen LogP contribution in [-0.2, 0) is 0 Å². The van der Waals surface area contributed by atoms with Gasteiger partial charge in [0.1, 0.15) is 0 Å². The Morgan fingerprint density at radius 2 is 2.24 bits per heavy atom. The monoisotopic (exact) mass is 306 g/mol. The van der Waals surface area contributed by atoms with Crippen LogP contribution in [0.25, 0.3) is 10.2 Å². The van der Waals surface area contributed by atoms with Gasteiger partial charge in [-0.2, -0.15) is 0 Å². The number of hydrogen-bond donors (Lipinski definition) is 2. The van der Waals surface area contributed by atoms with E-state index in [1.54, 1.807) is 11.3 Å². The van der Waals surface area contributed by atoms with E-state index >= 15 is 0 Å². The normalized spacial score (nSPS) is 26.4. The molecule has 1 aliphatic heterocycles. The van der Waals surface area contributed by atoms with E-state index in [0.717, 1.165) is 30.0 Å². The summed E-state index contributed by atoms with van der Waals surface area (Å²) in [7, 11) is 0. The van der Waals surface area contributed by atoms with Crippen LogP contribution >= 0.6 is 11.3 Å². The fourth-order valence-corrected chi connectivity index (χ4v) is 4.28. The number of rotatable bonds is 4. The molecule has 2 aromatic rings. The molecule has 1 saturated heterocycles. The minimum atomic E-state index is -0.423. The number of aliphatic hydroxyl groups excluding tert-OH is 2. The zero-order chi connectivity index (χ0) is 14.9. The van der Waals surface area contributed by atoms with Crippen LogP contribution in [0.4, 0.5) is 5.13 Å². The standard InChI is InChI=1S/C16H22N2O2S/c1-2-8-16(11-19)10-18(9-7-14(16)20)15-17-12-5-3-4-6-13(12)21-15/h3-6,14,19-20H,2,7-11H2,1H3/t14-,16+/m1/s1. The van der Waals surface area contributed by atoms with E-state index in [1.165, 1.54) is 4.70 Å². The third-order valence-corrected chi connectivity index (χ3v) is 5.60. The first-order valence-corrected chi connectivity index (χ1v) is 8.39. The van der Waals surface area contributed by atoms with Gasteiger partial charge in [-0.3, -0.25) is 0 Å². The number of aliphatic hydroxyl groups is 2. The minimum Gasteiger partial charge on any atom is -0.396 e. The largest absolute Gasteiger partial charge is 0.396 e. The average Bonchev–Trinajstić information content (AvgIpc) is 2.93. The molecule has 4 nitrogen and oxygen atoms in total. The summed E-state index contributed by atoms with van der Waals surface area (Å²) in [5.41, 5.74) is 0.610. The number of hydrogen-bond acceptors (Lipinski definition) is 5. The van der Waals surface area contributed by atoms with Gasteiger partial charge in [-0.25, -0.2) is 4.98 Å². The lowest BCUT2D eigenvalue weighted by molar-refractivity contribution is -0.0351. The highest BCUT2D eigenvalue weighted by atomic mass is 32.1. The maximum Gasteiger partial charge on any atom is 0.186 e. The number of nitrogens with zero attached hydrogens (tertiary/aromatic N) is 2. The van der Waals surface area contributed by atoms with Crippen molar-refractivity contribution < 1.29 is 10.2 Å². The second-order valence-electron chi connectivity index (χ2n) is 5.96. The first-order valence-electron chi connectivity index (χ1n) is 7.58. The quantitative estimate of drug-likeness (QED) is 0.912. The Morgan fingerprint density at radius 3 is 2.95 bits per heavy atom. The highest BCUT2D eigenvalue weighted by Crippen LogP contribution is 2.38. The Morgan fingerprint density at radius 1 is 1.43 bits per heavy atom. The van der Waals surface area contributed by atoms with Gasteiger partial charge in [0, 0.05) is 18.5 Å². The average molecular weight is 306 g/mol. The van der Waals surface area contributed by atoms with Crippen molar-refractivity contribution in [2.24, 2.45) is 5.41 Å². The zero-order valence-electron chi connectivity index (χ0n) is 12.3. The lowest BCUT2D eigenvalue weighted by Crippen LogP contribution is -2.53. The van der Waals surface area contributed by atoms with Crippen molar-refractivity contribution in [2.75, 3.05) is 24.6 Å². The Labute approximate surface area is 129 Å². The molecule has 21 heavy (non-hydrogen) atoms. The van der Waals surface area contributed by atoms with E-state index in [2.05, 4.69) is 17.9 Å². The Bertz CT molecular complexity index is 582. The van der Waals surface area contributed by atoms with E-state index in [-0.39, 0.29) is 6.61 Å². The molecular weight excluding hydrogens is 284 g/mol. The number of para-hydroxylation sites is 1. The topological polar surface area (TPSA) is 56.6 Å². The summed E-state index contributed by atoms with van der Waals surface area (Å²) in [4.78, 5) is 6.93. The van der Waals surface area contributed by atoms with Gasteiger partial charge in [0.2, 0.25) is 0 Å². The van der Waals surface area contributed by atoms with Crippen LogP contribution in [0.5, 0.6) is 0 Å². The van der Waals surface area contributed by atoms with Crippen LogP contribution in [0.1, 0.15) is 26.2 Å². The lowest BCUT2D eigenvalue weighted by Gasteiger charge is -2.45. The van der Waals surface area contributed by atoms with Crippen molar-refractivity contribution >= 4 is 26.7 Å². The van der Waals surface area contributed by atoms with Crippen LogP contribution < -0.4 is 4.90 Å². The van der Waals surface area contributed by atoms with Gasteiger partial charge >= 0.3 is 0 Å². The molecule has 0 saturated carbocycles. The van der Waals surface area contributed by atoms with E-state index in [9.17, 15) is 10.2 Å². The van der Waals surface area contributed by atoms with Crippen molar-refractivity contribution in [1.29, 1.82) is 0 Å². The van der Waals surface area contributed by atoms with Crippen molar-refractivity contribution in [3.8, 4) is 0 Å². The van der Waals surface area contributed by atoms with Crippen LogP contribution in [0, 0.1) is 5.41 Å². The smallest absolute Gasteiger partial charge is 0.186 e. The molecule has 0 aliphatic carbocycles. The maximum atomic E-state index is 10.4. The summed E-state index contributed by atoms with van der Waals surface area (Å²) < 4.78 is 1.18. The molecule has 0 bridgehead atoms. The number of anilines is 1. The number of thiazole rings is 1. The fraction of sp³-hybridized carbons (Fsp3) is 0.562. The van der Waals surface area contributed by atoms with Crippen molar-refractivity contribution in [3.05, 3.63) is 24.3 Å². The molecule has 1 fully saturated rings.